The fourth-order valence-electron chi connectivity index (χ4n) is 2.73. The standard InChI is InChI=1S/C15H21BrO3/c1-4-18-12-8-10(16)13-9(3)6-7-11(17)14(13)15(12)19-5-2/h8-9,11,17H,4-7H2,1-3H3/t9?,11-/m1/s1. The van der Waals surface area contributed by atoms with Gasteiger partial charge >= 0.3 is 0 Å². The van der Waals surface area contributed by atoms with E-state index in [0.717, 1.165) is 28.4 Å². The van der Waals surface area contributed by atoms with Crippen molar-refractivity contribution in [3.8, 4) is 11.5 Å². The maximum Gasteiger partial charge on any atom is 0.167 e. The molecule has 0 aromatic heterocycles. The number of hydrogen-bond acceptors (Lipinski definition) is 3. The van der Waals surface area contributed by atoms with Crippen LogP contribution in [-0.2, 0) is 0 Å². The first-order valence-electron chi connectivity index (χ1n) is 6.90. The number of halogens is 1. The van der Waals surface area contributed by atoms with Gasteiger partial charge in [-0.05, 0) is 44.2 Å². The number of ether oxygens (including phenoxy) is 2. The zero-order valence-electron chi connectivity index (χ0n) is 11.7. The van der Waals surface area contributed by atoms with Gasteiger partial charge in [0.15, 0.2) is 11.5 Å². The summed E-state index contributed by atoms with van der Waals surface area (Å²) in [5.74, 6) is 1.84. The number of benzene rings is 1. The molecule has 0 spiro atoms. The molecule has 0 amide bonds. The quantitative estimate of drug-likeness (QED) is 0.901. The molecule has 1 unspecified atom stereocenters. The molecule has 1 aliphatic rings. The van der Waals surface area contributed by atoms with Crippen LogP contribution in [0.5, 0.6) is 11.5 Å². The van der Waals surface area contributed by atoms with Crippen LogP contribution in [0.3, 0.4) is 0 Å². The van der Waals surface area contributed by atoms with Crippen molar-refractivity contribution in [3.05, 3.63) is 21.7 Å². The largest absolute Gasteiger partial charge is 0.490 e. The van der Waals surface area contributed by atoms with Gasteiger partial charge in [0.25, 0.3) is 0 Å². The molecular formula is C15H21BrO3. The Morgan fingerprint density at radius 2 is 1.89 bits per heavy atom. The predicted octanol–water partition coefficient (Wildman–Crippen LogP) is 4.18. The monoisotopic (exact) mass is 328 g/mol. The Balaban J connectivity index is 2.62. The fourth-order valence-corrected chi connectivity index (χ4v) is 3.54. The lowest BCUT2D eigenvalue weighted by molar-refractivity contribution is 0.144. The molecule has 1 aromatic carbocycles. The second-order valence-corrected chi connectivity index (χ2v) is 5.73. The molecule has 3 nitrogen and oxygen atoms in total. The Hall–Kier alpha value is -0.740. The highest BCUT2D eigenvalue weighted by Gasteiger charge is 2.31. The highest BCUT2D eigenvalue weighted by Crippen LogP contribution is 2.49. The molecule has 0 fully saturated rings. The molecule has 106 valence electrons. The normalized spacial score (nSPS) is 21.9. The van der Waals surface area contributed by atoms with E-state index in [1.54, 1.807) is 0 Å². The molecule has 4 heteroatoms. The molecule has 0 bridgehead atoms. The van der Waals surface area contributed by atoms with Crippen LogP contribution in [0.4, 0.5) is 0 Å². The van der Waals surface area contributed by atoms with Crippen molar-refractivity contribution < 1.29 is 14.6 Å². The third-order valence-electron chi connectivity index (χ3n) is 3.56. The molecule has 0 aliphatic heterocycles. The average Bonchev–Trinajstić information content (AvgIpc) is 2.37. The minimum absolute atomic E-state index is 0.419. The Morgan fingerprint density at radius 1 is 1.21 bits per heavy atom. The maximum absolute atomic E-state index is 10.3. The summed E-state index contributed by atoms with van der Waals surface area (Å²) in [5.41, 5.74) is 2.06. The smallest absolute Gasteiger partial charge is 0.167 e. The second-order valence-electron chi connectivity index (χ2n) is 4.87. The summed E-state index contributed by atoms with van der Waals surface area (Å²) in [7, 11) is 0. The molecule has 0 radical (unpaired) electrons. The highest BCUT2D eigenvalue weighted by atomic mass is 79.9. The minimum atomic E-state index is -0.468. The van der Waals surface area contributed by atoms with Crippen molar-refractivity contribution in [2.75, 3.05) is 13.2 Å². The molecular weight excluding hydrogens is 308 g/mol. The summed E-state index contributed by atoms with van der Waals surface area (Å²) in [6.45, 7) is 7.22. The number of aliphatic hydroxyl groups excluding tert-OH is 1. The molecule has 0 saturated carbocycles. The van der Waals surface area contributed by atoms with E-state index in [0.29, 0.717) is 30.6 Å². The number of aliphatic hydroxyl groups is 1. The lowest BCUT2D eigenvalue weighted by Crippen LogP contribution is -2.16. The van der Waals surface area contributed by atoms with Crippen LogP contribution in [0, 0.1) is 0 Å². The first-order valence-corrected chi connectivity index (χ1v) is 7.69. The lowest BCUT2D eigenvalue weighted by atomic mass is 9.81. The summed E-state index contributed by atoms with van der Waals surface area (Å²) >= 11 is 3.61. The zero-order valence-corrected chi connectivity index (χ0v) is 13.3. The maximum atomic E-state index is 10.3. The Labute approximate surface area is 123 Å². The fraction of sp³-hybridized carbons (Fsp3) is 0.600. The van der Waals surface area contributed by atoms with Gasteiger partial charge in [-0.1, -0.05) is 22.9 Å². The lowest BCUT2D eigenvalue weighted by Gasteiger charge is -2.30. The van der Waals surface area contributed by atoms with E-state index in [1.807, 2.05) is 19.9 Å². The van der Waals surface area contributed by atoms with Gasteiger partial charge in [-0.25, -0.2) is 0 Å². The van der Waals surface area contributed by atoms with E-state index >= 15 is 0 Å². The topological polar surface area (TPSA) is 38.7 Å². The van der Waals surface area contributed by atoms with E-state index in [2.05, 4.69) is 22.9 Å². The van der Waals surface area contributed by atoms with Gasteiger partial charge in [-0.2, -0.15) is 0 Å². The molecule has 19 heavy (non-hydrogen) atoms. The number of fused-ring (bicyclic) bond motifs is 1. The first-order chi connectivity index (χ1) is 9.10. The number of rotatable bonds is 4. The van der Waals surface area contributed by atoms with Gasteiger partial charge in [0.2, 0.25) is 0 Å². The van der Waals surface area contributed by atoms with Crippen LogP contribution in [-0.4, -0.2) is 18.3 Å². The van der Waals surface area contributed by atoms with Gasteiger partial charge in [0, 0.05) is 10.0 Å². The van der Waals surface area contributed by atoms with Crippen LogP contribution >= 0.6 is 15.9 Å². The molecule has 1 aromatic rings. The number of hydrogen-bond donors (Lipinski definition) is 1. The third kappa shape index (κ3) is 2.75. The predicted molar refractivity (Wildman–Crippen MR) is 79.1 cm³/mol. The average molecular weight is 329 g/mol. The van der Waals surface area contributed by atoms with Crippen molar-refractivity contribution in [3.63, 3.8) is 0 Å². The van der Waals surface area contributed by atoms with E-state index in [4.69, 9.17) is 9.47 Å². The highest BCUT2D eigenvalue weighted by molar-refractivity contribution is 9.10. The van der Waals surface area contributed by atoms with Crippen LogP contribution < -0.4 is 9.47 Å². The third-order valence-corrected chi connectivity index (χ3v) is 4.22. The minimum Gasteiger partial charge on any atom is -0.490 e. The zero-order chi connectivity index (χ0) is 14.0. The van der Waals surface area contributed by atoms with Gasteiger partial charge in [0.05, 0.1) is 19.3 Å². The van der Waals surface area contributed by atoms with Gasteiger partial charge in [-0.15, -0.1) is 0 Å². The van der Waals surface area contributed by atoms with E-state index in [1.165, 1.54) is 0 Å². The molecule has 0 heterocycles. The Kier molecular flexibility index (Phi) is 4.74. The summed E-state index contributed by atoms with van der Waals surface area (Å²) in [5, 5.41) is 10.3. The molecule has 1 aliphatic carbocycles. The van der Waals surface area contributed by atoms with Crippen molar-refractivity contribution in [2.45, 2.75) is 45.6 Å². The van der Waals surface area contributed by atoms with Gasteiger partial charge in [-0.3, -0.25) is 0 Å². The molecule has 2 rings (SSSR count). The van der Waals surface area contributed by atoms with E-state index in [-0.39, 0.29) is 0 Å². The van der Waals surface area contributed by atoms with E-state index in [9.17, 15) is 5.11 Å². The SMILES string of the molecule is CCOc1cc(Br)c2c(c1OCC)[C@H](O)CCC2C. The summed E-state index contributed by atoms with van der Waals surface area (Å²) in [4.78, 5) is 0. The van der Waals surface area contributed by atoms with Crippen molar-refractivity contribution in [2.24, 2.45) is 0 Å². The second kappa shape index (κ2) is 6.14. The summed E-state index contributed by atoms with van der Waals surface area (Å²) in [6.07, 6.45) is 1.30. The van der Waals surface area contributed by atoms with Crippen molar-refractivity contribution >= 4 is 15.9 Å². The van der Waals surface area contributed by atoms with Crippen molar-refractivity contribution in [1.29, 1.82) is 0 Å². The van der Waals surface area contributed by atoms with Crippen LogP contribution in [0.1, 0.15) is 56.8 Å². The molecule has 2 atom stereocenters. The summed E-state index contributed by atoms with van der Waals surface area (Å²) < 4.78 is 12.4. The Bertz CT molecular complexity index is 459. The summed E-state index contributed by atoms with van der Waals surface area (Å²) in [6, 6.07) is 1.96. The van der Waals surface area contributed by atoms with Crippen LogP contribution in [0.2, 0.25) is 0 Å². The van der Waals surface area contributed by atoms with Crippen molar-refractivity contribution in [1.82, 2.24) is 0 Å². The van der Waals surface area contributed by atoms with Gasteiger partial charge in [0.1, 0.15) is 0 Å². The molecule has 0 saturated heterocycles. The van der Waals surface area contributed by atoms with E-state index < -0.39 is 6.10 Å². The van der Waals surface area contributed by atoms with Crippen LogP contribution in [0.15, 0.2) is 10.5 Å². The molecule has 1 N–H and O–H groups in total. The first kappa shape index (κ1) is 14.7. The van der Waals surface area contributed by atoms with Gasteiger partial charge < -0.3 is 14.6 Å². The Morgan fingerprint density at radius 3 is 2.53 bits per heavy atom. The van der Waals surface area contributed by atoms with Crippen LogP contribution in [0.25, 0.3) is 0 Å².